The Kier molecular flexibility index (Phi) is 7.70. The van der Waals surface area contributed by atoms with Crippen LogP contribution in [0.25, 0.3) is 6.08 Å². The average molecular weight is 599 g/mol. The number of carbonyl (C=O) groups excluding carboxylic acids is 3. The van der Waals surface area contributed by atoms with E-state index in [9.17, 15) is 22.8 Å². The van der Waals surface area contributed by atoms with Crippen molar-refractivity contribution in [3.05, 3.63) is 87.4 Å². The number of benzene rings is 3. The number of hydrogen-bond acceptors (Lipinski definition) is 7. The lowest BCUT2D eigenvalue weighted by Crippen LogP contribution is -2.54. The number of amides is 4. The summed E-state index contributed by atoms with van der Waals surface area (Å²) in [6.07, 6.45) is 2.07. The third kappa shape index (κ3) is 5.48. The molecule has 3 aromatic carbocycles. The van der Waals surface area contributed by atoms with Gasteiger partial charge in [0.25, 0.3) is 11.8 Å². The van der Waals surface area contributed by atoms with Crippen LogP contribution >= 0.6 is 15.9 Å². The Bertz CT molecular complexity index is 1560. The summed E-state index contributed by atoms with van der Waals surface area (Å²) in [5.41, 5.74) is 2.25. The molecule has 38 heavy (non-hydrogen) atoms. The summed E-state index contributed by atoms with van der Waals surface area (Å²) in [6, 6.07) is 15.0. The maximum atomic E-state index is 13.2. The predicted molar refractivity (Wildman–Crippen MR) is 145 cm³/mol. The van der Waals surface area contributed by atoms with E-state index in [-0.39, 0.29) is 26.4 Å². The van der Waals surface area contributed by atoms with Crippen LogP contribution in [0.1, 0.15) is 23.6 Å². The van der Waals surface area contributed by atoms with Gasteiger partial charge in [0.15, 0.2) is 11.5 Å². The van der Waals surface area contributed by atoms with Gasteiger partial charge >= 0.3 is 16.1 Å². The van der Waals surface area contributed by atoms with Crippen molar-refractivity contribution in [2.24, 2.45) is 0 Å². The molecule has 4 rings (SSSR count). The first-order chi connectivity index (χ1) is 18.0. The number of rotatable bonds is 7. The van der Waals surface area contributed by atoms with Crippen LogP contribution in [-0.4, -0.2) is 33.4 Å². The van der Waals surface area contributed by atoms with Crippen LogP contribution in [-0.2, 0) is 26.1 Å². The van der Waals surface area contributed by atoms with E-state index in [0.717, 1.165) is 22.4 Å². The van der Waals surface area contributed by atoms with Crippen LogP contribution < -0.4 is 19.1 Å². The lowest BCUT2D eigenvalue weighted by Gasteiger charge is -2.26. The van der Waals surface area contributed by atoms with Crippen molar-refractivity contribution in [3.63, 3.8) is 0 Å². The average Bonchev–Trinajstić information content (AvgIpc) is 2.88. The number of barbiturate groups is 1. The minimum Gasteiger partial charge on any atom is -0.493 e. The van der Waals surface area contributed by atoms with Gasteiger partial charge in [-0.2, -0.15) is 8.42 Å². The second-order valence-electron chi connectivity index (χ2n) is 8.36. The molecular formula is C27H23BrN2O7S. The molecule has 0 unspecified atom stereocenters. The smallest absolute Gasteiger partial charge is 0.339 e. The number of aryl methyl sites for hydroxylation is 2. The number of halogens is 1. The van der Waals surface area contributed by atoms with E-state index < -0.39 is 28.0 Å². The van der Waals surface area contributed by atoms with Gasteiger partial charge in [0, 0.05) is 0 Å². The van der Waals surface area contributed by atoms with E-state index in [1.807, 2.05) is 13.8 Å². The molecule has 0 radical (unpaired) electrons. The minimum absolute atomic E-state index is 0.0358. The van der Waals surface area contributed by atoms with E-state index in [2.05, 4.69) is 21.2 Å². The zero-order valence-corrected chi connectivity index (χ0v) is 23.1. The molecule has 1 heterocycles. The Morgan fingerprint density at radius 1 is 1.00 bits per heavy atom. The van der Waals surface area contributed by atoms with Crippen LogP contribution in [0.3, 0.4) is 0 Å². The summed E-state index contributed by atoms with van der Waals surface area (Å²) in [6.45, 7) is 3.81. The predicted octanol–water partition coefficient (Wildman–Crippen LogP) is 4.76. The van der Waals surface area contributed by atoms with E-state index in [4.69, 9.17) is 8.92 Å². The van der Waals surface area contributed by atoms with Crippen LogP contribution in [0.15, 0.2) is 75.6 Å². The number of urea groups is 1. The maximum absolute atomic E-state index is 13.2. The van der Waals surface area contributed by atoms with Crippen molar-refractivity contribution in [1.82, 2.24) is 5.32 Å². The largest absolute Gasteiger partial charge is 0.493 e. The first-order valence-corrected chi connectivity index (χ1v) is 13.6. The van der Waals surface area contributed by atoms with Gasteiger partial charge in [-0.1, -0.05) is 36.8 Å². The number of hydrogen-bond donors (Lipinski definition) is 1. The molecule has 0 atom stereocenters. The first kappa shape index (κ1) is 27.1. The molecule has 1 aliphatic rings. The van der Waals surface area contributed by atoms with Gasteiger partial charge in [0.1, 0.15) is 10.5 Å². The quantitative estimate of drug-likeness (QED) is 0.236. The standard InChI is InChI=1S/C27H23BrN2O7S/c1-4-17-7-9-19(10-8-17)30-26(32)21(25(31)29-27(30)33)13-18-14-22(28)24(23(15-18)36-3)37-38(34,35)20-11-5-16(2)6-12-20/h5-15H,4H2,1-3H3,(H,29,31,33)/b21-13+. The zero-order valence-electron chi connectivity index (χ0n) is 20.6. The molecule has 0 bridgehead atoms. The molecule has 1 N–H and O–H groups in total. The van der Waals surface area contributed by atoms with Crippen molar-refractivity contribution in [3.8, 4) is 11.5 Å². The number of anilines is 1. The fourth-order valence-corrected chi connectivity index (χ4v) is 5.31. The van der Waals surface area contributed by atoms with Crippen LogP contribution in [0, 0.1) is 6.92 Å². The molecule has 1 saturated heterocycles. The summed E-state index contributed by atoms with van der Waals surface area (Å²) in [4.78, 5) is 39.1. The summed E-state index contributed by atoms with van der Waals surface area (Å²) in [5.74, 6) is -1.74. The van der Waals surface area contributed by atoms with Crippen LogP contribution in [0.2, 0.25) is 0 Å². The summed E-state index contributed by atoms with van der Waals surface area (Å²) in [5, 5.41) is 2.18. The number of nitrogens with zero attached hydrogens (tertiary/aromatic N) is 1. The van der Waals surface area contributed by atoms with Gasteiger partial charge in [-0.3, -0.25) is 14.9 Å². The topological polar surface area (TPSA) is 119 Å². The number of methoxy groups -OCH3 is 1. The molecule has 1 fully saturated rings. The molecule has 0 aromatic heterocycles. The highest BCUT2D eigenvalue weighted by molar-refractivity contribution is 9.10. The summed E-state index contributed by atoms with van der Waals surface area (Å²) < 4.78 is 36.5. The Morgan fingerprint density at radius 3 is 2.26 bits per heavy atom. The van der Waals surface area contributed by atoms with Gasteiger partial charge < -0.3 is 8.92 Å². The molecule has 4 amide bonds. The number of imide groups is 2. The number of carbonyl (C=O) groups is 3. The fourth-order valence-electron chi connectivity index (χ4n) is 3.71. The fraction of sp³-hybridized carbons (Fsp3) is 0.148. The number of ether oxygens (including phenoxy) is 1. The summed E-state index contributed by atoms with van der Waals surface area (Å²) >= 11 is 3.29. The highest BCUT2D eigenvalue weighted by Gasteiger charge is 2.37. The normalized spacial score (nSPS) is 15.0. The van der Waals surface area contributed by atoms with Gasteiger partial charge in [0.2, 0.25) is 0 Å². The van der Waals surface area contributed by atoms with Gasteiger partial charge in [0.05, 0.1) is 17.3 Å². The highest BCUT2D eigenvalue weighted by Crippen LogP contribution is 2.39. The van der Waals surface area contributed by atoms with E-state index in [1.54, 1.807) is 36.4 Å². The maximum Gasteiger partial charge on any atom is 0.339 e. The molecule has 1 aliphatic heterocycles. The van der Waals surface area contributed by atoms with Crippen molar-refractivity contribution in [2.75, 3.05) is 12.0 Å². The zero-order chi connectivity index (χ0) is 27.6. The van der Waals surface area contributed by atoms with Crippen molar-refractivity contribution in [2.45, 2.75) is 25.2 Å². The van der Waals surface area contributed by atoms with Gasteiger partial charge in [-0.15, -0.1) is 0 Å². The van der Waals surface area contributed by atoms with Gasteiger partial charge in [-0.25, -0.2) is 9.69 Å². The van der Waals surface area contributed by atoms with Crippen molar-refractivity contribution < 1.29 is 31.7 Å². The molecular weight excluding hydrogens is 576 g/mol. The molecule has 9 nitrogen and oxygen atoms in total. The minimum atomic E-state index is -4.18. The highest BCUT2D eigenvalue weighted by atomic mass is 79.9. The Hall–Kier alpha value is -3.96. The molecule has 3 aromatic rings. The Balaban J connectivity index is 1.68. The molecule has 0 aliphatic carbocycles. The molecule has 11 heteroatoms. The summed E-state index contributed by atoms with van der Waals surface area (Å²) in [7, 11) is -2.86. The van der Waals surface area contributed by atoms with Crippen molar-refractivity contribution in [1.29, 1.82) is 0 Å². The monoisotopic (exact) mass is 598 g/mol. The SMILES string of the molecule is CCc1ccc(N2C(=O)NC(=O)/C(=C\c3cc(Br)c(OS(=O)(=O)c4ccc(C)cc4)c(OC)c3)C2=O)cc1. The Labute approximate surface area is 228 Å². The molecule has 0 saturated carbocycles. The lowest BCUT2D eigenvalue weighted by molar-refractivity contribution is -0.122. The first-order valence-electron chi connectivity index (χ1n) is 11.4. The van der Waals surface area contributed by atoms with Gasteiger partial charge in [-0.05, 0) is 82.9 Å². The number of nitrogens with one attached hydrogen (secondary N) is 1. The lowest BCUT2D eigenvalue weighted by atomic mass is 10.1. The van der Waals surface area contributed by atoms with Crippen LogP contribution in [0.5, 0.6) is 11.5 Å². The second-order valence-corrected chi connectivity index (χ2v) is 10.8. The van der Waals surface area contributed by atoms with E-state index >= 15 is 0 Å². The third-order valence-corrected chi connectivity index (χ3v) is 7.59. The second kappa shape index (κ2) is 10.8. The molecule has 0 spiro atoms. The Morgan fingerprint density at radius 2 is 1.66 bits per heavy atom. The van der Waals surface area contributed by atoms with Crippen LogP contribution in [0.4, 0.5) is 10.5 Å². The molecule has 196 valence electrons. The third-order valence-electron chi connectivity index (χ3n) is 5.77. The van der Waals surface area contributed by atoms with E-state index in [0.29, 0.717) is 11.3 Å². The van der Waals surface area contributed by atoms with E-state index in [1.165, 1.54) is 37.5 Å². The van der Waals surface area contributed by atoms with Crippen molar-refractivity contribution >= 4 is 55.7 Å².